The van der Waals surface area contributed by atoms with Crippen molar-refractivity contribution in [2.75, 3.05) is 7.05 Å². The van der Waals surface area contributed by atoms with Crippen LogP contribution in [0.2, 0.25) is 0 Å². The predicted molar refractivity (Wildman–Crippen MR) is 81.1 cm³/mol. The summed E-state index contributed by atoms with van der Waals surface area (Å²) >= 11 is 9.01. The van der Waals surface area contributed by atoms with Gasteiger partial charge in [0.25, 0.3) is 10.0 Å². The summed E-state index contributed by atoms with van der Waals surface area (Å²) in [7, 11) is -2.14. The molecule has 0 saturated carbocycles. The molecular weight excluding hydrogens is 366 g/mol. The van der Waals surface area contributed by atoms with E-state index in [0.717, 1.165) is 10.0 Å². The van der Waals surface area contributed by atoms with Crippen LogP contribution in [0.4, 0.5) is 0 Å². The van der Waals surface area contributed by atoms with Gasteiger partial charge in [0.05, 0.1) is 5.88 Å². The number of alkyl halides is 1. The van der Waals surface area contributed by atoms with Gasteiger partial charge in [0.15, 0.2) is 0 Å². The van der Waals surface area contributed by atoms with Crippen LogP contribution in [0.3, 0.4) is 0 Å². The van der Waals surface area contributed by atoms with E-state index in [-0.39, 0.29) is 17.5 Å². The Morgan fingerprint density at radius 2 is 1.95 bits per heavy atom. The third-order valence-electron chi connectivity index (χ3n) is 2.78. The van der Waals surface area contributed by atoms with Crippen molar-refractivity contribution in [3.05, 3.63) is 52.2 Å². The Bertz CT molecular complexity index is 699. The van der Waals surface area contributed by atoms with Crippen molar-refractivity contribution >= 4 is 37.6 Å². The number of rotatable bonds is 5. The quantitative estimate of drug-likeness (QED) is 0.747. The molecule has 108 valence electrons. The Kier molecular flexibility index (Phi) is 4.90. The van der Waals surface area contributed by atoms with Crippen molar-refractivity contribution in [3.8, 4) is 0 Å². The third kappa shape index (κ3) is 3.25. The average Bonchev–Trinajstić information content (AvgIpc) is 2.90. The van der Waals surface area contributed by atoms with E-state index in [1.165, 1.54) is 17.4 Å². The van der Waals surface area contributed by atoms with Gasteiger partial charge in [-0.05, 0) is 23.8 Å². The van der Waals surface area contributed by atoms with E-state index in [9.17, 15) is 8.42 Å². The minimum atomic E-state index is -3.66. The second-order valence-electron chi connectivity index (χ2n) is 4.21. The summed E-state index contributed by atoms with van der Waals surface area (Å²) in [5.41, 5.74) is 0.877. The first kappa shape index (κ1) is 15.6. The molecule has 0 saturated heterocycles. The zero-order chi connectivity index (χ0) is 14.8. The fraction of sp³-hybridized carbons (Fsp3) is 0.231. The molecule has 0 atom stereocenters. The van der Waals surface area contributed by atoms with Crippen LogP contribution < -0.4 is 0 Å². The topological polar surface area (TPSA) is 50.5 Å². The molecule has 0 aliphatic rings. The Morgan fingerprint density at radius 1 is 1.25 bits per heavy atom. The van der Waals surface area contributed by atoms with Crippen LogP contribution in [0.5, 0.6) is 0 Å². The minimum Gasteiger partial charge on any atom is -0.447 e. The third-order valence-corrected chi connectivity index (χ3v) is 5.50. The summed E-state index contributed by atoms with van der Waals surface area (Å²) < 4.78 is 32.0. The van der Waals surface area contributed by atoms with Crippen LogP contribution in [0.15, 0.2) is 50.4 Å². The lowest BCUT2D eigenvalue weighted by Gasteiger charge is -2.16. The average molecular weight is 379 g/mol. The molecule has 1 aromatic heterocycles. The van der Waals surface area contributed by atoms with E-state index in [2.05, 4.69) is 15.9 Å². The SMILES string of the molecule is CN(Cc1ccccc1Br)S(=O)(=O)c1ccc(CCl)o1. The van der Waals surface area contributed by atoms with Gasteiger partial charge in [-0.25, -0.2) is 8.42 Å². The van der Waals surface area contributed by atoms with E-state index in [4.69, 9.17) is 16.0 Å². The van der Waals surface area contributed by atoms with E-state index in [0.29, 0.717) is 5.76 Å². The summed E-state index contributed by atoms with van der Waals surface area (Å²) in [4.78, 5) is 0. The zero-order valence-electron chi connectivity index (χ0n) is 10.7. The minimum absolute atomic E-state index is 0.0947. The summed E-state index contributed by atoms with van der Waals surface area (Å²) in [6.45, 7) is 0.251. The highest BCUT2D eigenvalue weighted by molar-refractivity contribution is 9.10. The predicted octanol–water partition coefficient (Wildman–Crippen LogP) is 3.60. The molecule has 0 amide bonds. The van der Waals surface area contributed by atoms with Crippen molar-refractivity contribution in [1.29, 1.82) is 0 Å². The molecule has 0 spiro atoms. The van der Waals surface area contributed by atoms with Gasteiger partial charge < -0.3 is 4.42 Å². The normalized spacial score (nSPS) is 12.0. The second kappa shape index (κ2) is 6.30. The van der Waals surface area contributed by atoms with Crippen LogP contribution in [-0.4, -0.2) is 19.8 Å². The lowest BCUT2D eigenvalue weighted by atomic mass is 10.2. The molecule has 1 aromatic carbocycles. The number of benzene rings is 1. The molecule has 7 heteroatoms. The second-order valence-corrected chi connectivity index (χ2v) is 7.30. The molecule has 2 rings (SSSR count). The standard InChI is InChI=1S/C13H13BrClNO3S/c1-16(9-10-4-2-3-5-12(10)14)20(17,18)13-7-6-11(8-15)19-13/h2-7H,8-9H2,1H3. The van der Waals surface area contributed by atoms with Crippen LogP contribution in [0.1, 0.15) is 11.3 Å². The Morgan fingerprint density at radius 3 is 2.55 bits per heavy atom. The van der Waals surface area contributed by atoms with E-state index >= 15 is 0 Å². The Labute approximate surface area is 131 Å². The van der Waals surface area contributed by atoms with Crippen LogP contribution >= 0.6 is 27.5 Å². The summed E-state index contributed by atoms with van der Waals surface area (Å²) in [6.07, 6.45) is 0. The van der Waals surface area contributed by atoms with E-state index in [1.54, 1.807) is 6.07 Å². The van der Waals surface area contributed by atoms with Gasteiger partial charge in [0, 0.05) is 18.1 Å². The Balaban J connectivity index is 2.23. The molecule has 20 heavy (non-hydrogen) atoms. The smallest absolute Gasteiger partial charge is 0.276 e. The van der Waals surface area contributed by atoms with Gasteiger partial charge in [-0.1, -0.05) is 34.1 Å². The number of hydrogen-bond donors (Lipinski definition) is 0. The lowest BCUT2D eigenvalue weighted by Crippen LogP contribution is -2.26. The molecule has 0 N–H and O–H groups in total. The summed E-state index contributed by atoms with van der Waals surface area (Å²) in [5.74, 6) is 0.572. The van der Waals surface area contributed by atoms with Crippen LogP contribution in [0.25, 0.3) is 0 Å². The number of furan rings is 1. The van der Waals surface area contributed by atoms with E-state index < -0.39 is 10.0 Å². The fourth-order valence-electron chi connectivity index (χ4n) is 1.67. The number of hydrogen-bond acceptors (Lipinski definition) is 3. The first-order valence-electron chi connectivity index (χ1n) is 5.79. The molecular formula is C13H13BrClNO3S. The van der Waals surface area contributed by atoms with Crippen molar-refractivity contribution in [3.63, 3.8) is 0 Å². The first-order valence-corrected chi connectivity index (χ1v) is 8.56. The highest BCUT2D eigenvalue weighted by Gasteiger charge is 2.25. The Hall–Kier alpha value is -0.820. The van der Waals surface area contributed by atoms with Crippen LogP contribution in [0, 0.1) is 0 Å². The highest BCUT2D eigenvalue weighted by Crippen LogP contribution is 2.23. The van der Waals surface area contributed by atoms with Crippen molar-refractivity contribution < 1.29 is 12.8 Å². The van der Waals surface area contributed by atoms with Gasteiger partial charge in [0.1, 0.15) is 5.76 Å². The van der Waals surface area contributed by atoms with Crippen molar-refractivity contribution in [2.45, 2.75) is 17.5 Å². The lowest BCUT2D eigenvalue weighted by molar-refractivity contribution is 0.393. The number of nitrogens with zero attached hydrogens (tertiary/aromatic N) is 1. The molecule has 0 radical (unpaired) electrons. The zero-order valence-corrected chi connectivity index (χ0v) is 13.9. The molecule has 0 bridgehead atoms. The van der Waals surface area contributed by atoms with Gasteiger partial charge in [0.2, 0.25) is 5.09 Å². The highest BCUT2D eigenvalue weighted by atomic mass is 79.9. The molecule has 0 unspecified atom stereocenters. The van der Waals surface area contributed by atoms with Gasteiger partial charge in [-0.2, -0.15) is 4.31 Å². The van der Waals surface area contributed by atoms with Gasteiger partial charge in [-0.3, -0.25) is 0 Å². The molecule has 1 heterocycles. The van der Waals surface area contributed by atoms with Crippen LogP contribution in [-0.2, 0) is 22.4 Å². The molecule has 2 aromatic rings. The number of halogens is 2. The summed E-state index contributed by atoms with van der Waals surface area (Å²) in [6, 6.07) is 10.5. The maximum Gasteiger partial charge on any atom is 0.276 e. The van der Waals surface area contributed by atoms with E-state index in [1.807, 2.05) is 24.3 Å². The largest absolute Gasteiger partial charge is 0.447 e. The fourth-order valence-corrected chi connectivity index (χ4v) is 3.30. The number of sulfonamides is 1. The summed E-state index contributed by atoms with van der Waals surface area (Å²) in [5, 5.41) is -0.0947. The molecule has 4 nitrogen and oxygen atoms in total. The maximum absolute atomic E-state index is 12.4. The monoisotopic (exact) mass is 377 g/mol. The van der Waals surface area contributed by atoms with Gasteiger partial charge in [-0.15, -0.1) is 11.6 Å². The maximum atomic E-state index is 12.4. The molecule has 0 fully saturated rings. The molecule has 0 aliphatic carbocycles. The van der Waals surface area contributed by atoms with Gasteiger partial charge >= 0.3 is 0 Å². The van der Waals surface area contributed by atoms with Crippen molar-refractivity contribution in [1.82, 2.24) is 4.31 Å². The first-order chi connectivity index (χ1) is 9.45. The molecule has 0 aliphatic heterocycles. The van der Waals surface area contributed by atoms with Crippen molar-refractivity contribution in [2.24, 2.45) is 0 Å².